The van der Waals surface area contributed by atoms with Gasteiger partial charge in [0.1, 0.15) is 6.04 Å². The number of hydrogen-bond acceptors (Lipinski definition) is 3. The maximum atomic E-state index is 12.8. The molecule has 7 heteroatoms. The Labute approximate surface area is 150 Å². The minimum absolute atomic E-state index is 0.187. The van der Waals surface area contributed by atoms with Gasteiger partial charge in [0, 0.05) is 18.8 Å². The van der Waals surface area contributed by atoms with E-state index in [0.29, 0.717) is 24.5 Å². The zero-order chi connectivity index (χ0) is 18.1. The van der Waals surface area contributed by atoms with Gasteiger partial charge < -0.3 is 15.1 Å². The van der Waals surface area contributed by atoms with Crippen LogP contribution in [0.4, 0.5) is 21.0 Å². The first-order valence-corrected chi connectivity index (χ1v) is 8.46. The van der Waals surface area contributed by atoms with Crippen molar-refractivity contribution < 1.29 is 14.4 Å². The maximum absolute atomic E-state index is 12.8. The predicted octanol–water partition coefficient (Wildman–Crippen LogP) is 2.37. The summed E-state index contributed by atoms with van der Waals surface area (Å²) in [6.07, 6.45) is 0. The van der Waals surface area contributed by atoms with Gasteiger partial charge in [-0.05, 0) is 24.3 Å². The molecule has 2 aromatic rings. The topological polar surface area (TPSA) is 73.0 Å². The molecule has 0 saturated carbocycles. The molecular weight excluding hydrogens is 332 g/mol. The molecule has 2 saturated heterocycles. The highest BCUT2D eigenvalue weighted by Crippen LogP contribution is 2.27. The first kappa shape index (κ1) is 16.1. The predicted molar refractivity (Wildman–Crippen MR) is 96.9 cm³/mol. The van der Waals surface area contributed by atoms with E-state index in [1.165, 1.54) is 4.90 Å². The number of hydrogen-bond donors (Lipinski definition) is 1. The van der Waals surface area contributed by atoms with E-state index in [1.54, 1.807) is 46.2 Å². The SMILES string of the molecule is O=C(Nc1ccccc1)N1CCN2C(=O)N(c3ccccc3)C(=O)[C@@H]2C1. The molecule has 2 fully saturated rings. The first-order chi connectivity index (χ1) is 12.6. The highest BCUT2D eigenvalue weighted by molar-refractivity contribution is 6.21. The number of rotatable bonds is 2. The lowest BCUT2D eigenvalue weighted by atomic mass is 10.2. The number of amides is 5. The summed E-state index contributed by atoms with van der Waals surface area (Å²) >= 11 is 0. The number of piperazine rings is 1. The fourth-order valence-electron chi connectivity index (χ4n) is 3.32. The Morgan fingerprint density at radius 1 is 0.923 bits per heavy atom. The standard InChI is InChI=1S/C19H18N4O3/c24-17-16-13-21(18(25)20-14-7-3-1-4-8-14)11-12-22(16)19(26)23(17)15-9-5-2-6-10-15/h1-10,16H,11-13H2,(H,20,25)/t16-/m0/s1. The van der Waals surface area contributed by atoms with E-state index in [4.69, 9.17) is 0 Å². The van der Waals surface area contributed by atoms with Crippen LogP contribution in [0, 0.1) is 0 Å². The van der Waals surface area contributed by atoms with Crippen molar-refractivity contribution in [2.75, 3.05) is 29.9 Å². The lowest BCUT2D eigenvalue weighted by molar-refractivity contribution is -0.120. The molecule has 0 radical (unpaired) electrons. The molecule has 7 nitrogen and oxygen atoms in total. The number of carbonyl (C=O) groups excluding carboxylic acids is 3. The van der Waals surface area contributed by atoms with Crippen LogP contribution in [-0.2, 0) is 4.79 Å². The molecule has 0 spiro atoms. The van der Waals surface area contributed by atoms with Gasteiger partial charge in [0.2, 0.25) is 0 Å². The summed E-state index contributed by atoms with van der Waals surface area (Å²) in [6.45, 7) is 0.907. The lowest BCUT2D eigenvalue weighted by Crippen LogP contribution is -2.55. The number of benzene rings is 2. The Bertz CT molecular complexity index is 840. The van der Waals surface area contributed by atoms with Crippen LogP contribution in [0.2, 0.25) is 0 Å². The van der Waals surface area contributed by atoms with Crippen LogP contribution in [0.3, 0.4) is 0 Å². The van der Waals surface area contributed by atoms with Gasteiger partial charge in [0.15, 0.2) is 0 Å². The quantitative estimate of drug-likeness (QED) is 0.845. The van der Waals surface area contributed by atoms with E-state index in [9.17, 15) is 14.4 Å². The molecule has 0 aliphatic carbocycles. The lowest BCUT2D eigenvalue weighted by Gasteiger charge is -2.35. The van der Waals surface area contributed by atoms with Crippen LogP contribution < -0.4 is 10.2 Å². The van der Waals surface area contributed by atoms with E-state index in [0.717, 1.165) is 0 Å². The van der Waals surface area contributed by atoms with Gasteiger partial charge >= 0.3 is 12.1 Å². The van der Waals surface area contributed by atoms with Crippen LogP contribution in [-0.4, -0.2) is 53.4 Å². The van der Waals surface area contributed by atoms with Gasteiger partial charge in [0.25, 0.3) is 5.91 Å². The summed E-state index contributed by atoms with van der Waals surface area (Å²) in [6, 6.07) is 16.8. The van der Waals surface area contributed by atoms with Crippen molar-refractivity contribution in [3.8, 4) is 0 Å². The molecule has 2 aromatic carbocycles. The molecule has 0 unspecified atom stereocenters. The van der Waals surface area contributed by atoms with E-state index < -0.39 is 6.04 Å². The van der Waals surface area contributed by atoms with Gasteiger partial charge in [-0.2, -0.15) is 0 Å². The maximum Gasteiger partial charge on any atom is 0.332 e. The van der Waals surface area contributed by atoms with Gasteiger partial charge in [-0.3, -0.25) is 4.79 Å². The zero-order valence-corrected chi connectivity index (χ0v) is 14.0. The van der Waals surface area contributed by atoms with Crippen LogP contribution in [0.25, 0.3) is 0 Å². The highest BCUT2D eigenvalue weighted by atomic mass is 16.2. The molecule has 0 aromatic heterocycles. The Morgan fingerprint density at radius 2 is 1.58 bits per heavy atom. The van der Waals surface area contributed by atoms with Crippen molar-refractivity contribution in [1.82, 2.24) is 9.80 Å². The van der Waals surface area contributed by atoms with Crippen molar-refractivity contribution >= 4 is 29.3 Å². The molecule has 1 N–H and O–H groups in total. The van der Waals surface area contributed by atoms with E-state index >= 15 is 0 Å². The first-order valence-electron chi connectivity index (χ1n) is 8.46. The number of para-hydroxylation sites is 2. The minimum atomic E-state index is -0.641. The number of urea groups is 2. The third-order valence-electron chi connectivity index (χ3n) is 4.65. The molecule has 0 bridgehead atoms. The number of carbonyl (C=O) groups is 3. The van der Waals surface area contributed by atoms with Gasteiger partial charge in [-0.15, -0.1) is 0 Å². The molecule has 132 valence electrons. The summed E-state index contributed by atoms with van der Waals surface area (Å²) in [4.78, 5) is 42.2. The highest BCUT2D eigenvalue weighted by Gasteiger charge is 2.48. The summed E-state index contributed by atoms with van der Waals surface area (Å²) in [5.74, 6) is -0.293. The van der Waals surface area contributed by atoms with Crippen molar-refractivity contribution in [3.05, 3.63) is 60.7 Å². The average Bonchev–Trinajstić information content (AvgIpc) is 2.93. The van der Waals surface area contributed by atoms with Crippen molar-refractivity contribution in [3.63, 3.8) is 0 Å². The number of imide groups is 1. The average molecular weight is 350 g/mol. The summed E-state index contributed by atoms with van der Waals surface area (Å²) in [5.41, 5.74) is 1.25. The van der Waals surface area contributed by atoms with E-state index in [2.05, 4.69) is 5.32 Å². The number of nitrogens with one attached hydrogen (secondary N) is 1. The summed E-state index contributed by atoms with van der Waals surface area (Å²) < 4.78 is 0. The molecule has 2 aliphatic heterocycles. The molecule has 26 heavy (non-hydrogen) atoms. The van der Waals surface area contributed by atoms with Crippen molar-refractivity contribution in [2.45, 2.75) is 6.04 Å². The molecule has 2 heterocycles. The largest absolute Gasteiger partial charge is 0.332 e. The number of fused-ring (bicyclic) bond motifs is 1. The van der Waals surface area contributed by atoms with Crippen LogP contribution >= 0.6 is 0 Å². The second-order valence-electron chi connectivity index (χ2n) is 6.24. The fraction of sp³-hybridized carbons (Fsp3) is 0.211. The van der Waals surface area contributed by atoms with Gasteiger partial charge in [-0.1, -0.05) is 36.4 Å². The third kappa shape index (κ3) is 2.77. The number of nitrogens with zero attached hydrogens (tertiary/aromatic N) is 3. The van der Waals surface area contributed by atoms with Crippen LogP contribution in [0.1, 0.15) is 0 Å². The smallest absolute Gasteiger partial charge is 0.320 e. The Kier molecular flexibility index (Phi) is 4.04. The Morgan fingerprint density at radius 3 is 2.27 bits per heavy atom. The monoisotopic (exact) mass is 350 g/mol. The molecule has 1 atom stereocenters. The Balaban J connectivity index is 1.49. The van der Waals surface area contributed by atoms with E-state index in [1.807, 2.05) is 24.3 Å². The van der Waals surface area contributed by atoms with Crippen molar-refractivity contribution in [2.24, 2.45) is 0 Å². The third-order valence-corrected chi connectivity index (χ3v) is 4.65. The zero-order valence-electron chi connectivity index (χ0n) is 14.0. The van der Waals surface area contributed by atoms with Gasteiger partial charge in [0.05, 0.1) is 12.2 Å². The van der Waals surface area contributed by atoms with E-state index in [-0.39, 0.29) is 24.5 Å². The Hall–Kier alpha value is -3.35. The summed E-state index contributed by atoms with van der Waals surface area (Å²) in [5, 5.41) is 2.82. The fourth-order valence-corrected chi connectivity index (χ4v) is 3.32. The molecule has 4 rings (SSSR count). The second kappa shape index (κ2) is 6.51. The molecule has 5 amide bonds. The second-order valence-corrected chi connectivity index (χ2v) is 6.24. The van der Waals surface area contributed by atoms with Crippen molar-refractivity contribution in [1.29, 1.82) is 0 Å². The normalized spacial score (nSPS) is 19.5. The van der Waals surface area contributed by atoms with Gasteiger partial charge in [-0.25, -0.2) is 14.5 Å². The minimum Gasteiger partial charge on any atom is -0.320 e. The molecule has 2 aliphatic rings. The summed E-state index contributed by atoms with van der Waals surface area (Å²) in [7, 11) is 0. The molecular formula is C19H18N4O3. The number of anilines is 2. The van der Waals surface area contributed by atoms with Crippen LogP contribution in [0.15, 0.2) is 60.7 Å². The van der Waals surface area contributed by atoms with Crippen LogP contribution in [0.5, 0.6) is 0 Å².